The van der Waals surface area contributed by atoms with Crippen LogP contribution >= 0.6 is 0 Å². The molecule has 2 aromatic rings. The van der Waals surface area contributed by atoms with Crippen LogP contribution in [0.25, 0.3) is 0 Å². The van der Waals surface area contributed by atoms with E-state index < -0.39 is 15.9 Å². The maximum atomic E-state index is 12.6. The van der Waals surface area contributed by atoms with Crippen molar-refractivity contribution in [3.63, 3.8) is 0 Å². The van der Waals surface area contributed by atoms with Crippen molar-refractivity contribution < 1.29 is 18.0 Å². The predicted molar refractivity (Wildman–Crippen MR) is 113 cm³/mol. The first-order valence-electron chi connectivity index (χ1n) is 9.94. The Hall–Kier alpha value is -2.78. The van der Waals surface area contributed by atoms with Crippen molar-refractivity contribution in [2.45, 2.75) is 31.7 Å². The summed E-state index contributed by atoms with van der Waals surface area (Å²) in [5.74, 6) is -0.778. The lowest BCUT2D eigenvalue weighted by Crippen LogP contribution is -2.32. The van der Waals surface area contributed by atoms with Crippen molar-refractivity contribution in [3.8, 4) is 0 Å². The van der Waals surface area contributed by atoms with E-state index in [0.29, 0.717) is 25.3 Å². The lowest BCUT2D eigenvalue weighted by molar-refractivity contribution is -0.126. The van der Waals surface area contributed by atoms with Crippen LogP contribution in [-0.2, 0) is 26.2 Å². The van der Waals surface area contributed by atoms with Gasteiger partial charge in [-0.2, -0.15) is 4.31 Å². The first-order valence-corrected chi connectivity index (χ1v) is 11.4. The number of rotatable bonds is 8. The van der Waals surface area contributed by atoms with Crippen LogP contribution in [0, 0.1) is 5.92 Å². The molecule has 0 spiro atoms. The van der Waals surface area contributed by atoms with Crippen molar-refractivity contribution in [1.82, 2.24) is 14.6 Å². The Balaban J connectivity index is 1.65. The standard InChI is InChI=1S/C21H26N4O4S/c1-3-24(4-2)30(28,29)19-7-5-18(6-8-19)25-15-17(13-20(25)26)21(27)23-14-16-9-11-22-12-10-16/h5-12,17H,3-4,13-15H2,1-2H3,(H,23,27)/t17-/m1/s1. The zero-order chi connectivity index (χ0) is 21.7. The van der Waals surface area contributed by atoms with Gasteiger partial charge in [-0.15, -0.1) is 0 Å². The molecule has 1 aliphatic rings. The lowest BCUT2D eigenvalue weighted by Gasteiger charge is -2.20. The van der Waals surface area contributed by atoms with E-state index in [1.807, 2.05) is 12.1 Å². The van der Waals surface area contributed by atoms with Gasteiger partial charge >= 0.3 is 0 Å². The van der Waals surface area contributed by atoms with Crippen molar-refractivity contribution in [3.05, 3.63) is 54.4 Å². The van der Waals surface area contributed by atoms with Gasteiger partial charge in [0, 0.05) is 50.7 Å². The van der Waals surface area contributed by atoms with E-state index in [0.717, 1.165) is 5.56 Å². The highest BCUT2D eigenvalue weighted by Gasteiger charge is 2.35. The Labute approximate surface area is 177 Å². The number of carbonyl (C=O) groups is 2. The minimum atomic E-state index is -3.55. The highest BCUT2D eigenvalue weighted by atomic mass is 32.2. The Morgan fingerprint density at radius 1 is 1.13 bits per heavy atom. The second kappa shape index (κ2) is 9.36. The first kappa shape index (κ1) is 21.9. The number of aromatic nitrogens is 1. The summed E-state index contributed by atoms with van der Waals surface area (Å²) in [5.41, 5.74) is 1.52. The molecule has 1 aliphatic heterocycles. The molecule has 0 bridgehead atoms. The number of anilines is 1. The number of benzene rings is 1. The normalized spacial score (nSPS) is 16.8. The van der Waals surface area contributed by atoms with Crippen molar-refractivity contribution in [2.75, 3.05) is 24.5 Å². The topological polar surface area (TPSA) is 99.7 Å². The summed E-state index contributed by atoms with van der Waals surface area (Å²) in [6.45, 7) is 5.01. The summed E-state index contributed by atoms with van der Waals surface area (Å²) in [6, 6.07) is 9.89. The molecule has 0 radical (unpaired) electrons. The summed E-state index contributed by atoms with van der Waals surface area (Å²) < 4.78 is 26.6. The molecule has 1 aromatic carbocycles. The third-order valence-electron chi connectivity index (χ3n) is 5.20. The third-order valence-corrected chi connectivity index (χ3v) is 7.27. The van der Waals surface area contributed by atoms with Gasteiger partial charge in [-0.05, 0) is 42.0 Å². The first-order chi connectivity index (χ1) is 14.4. The van der Waals surface area contributed by atoms with Gasteiger partial charge in [-0.3, -0.25) is 14.6 Å². The van der Waals surface area contributed by atoms with Gasteiger partial charge in [0.2, 0.25) is 21.8 Å². The van der Waals surface area contributed by atoms with Crippen LogP contribution in [-0.4, -0.2) is 49.2 Å². The molecule has 2 heterocycles. The maximum Gasteiger partial charge on any atom is 0.243 e. The lowest BCUT2D eigenvalue weighted by atomic mass is 10.1. The largest absolute Gasteiger partial charge is 0.352 e. The molecule has 30 heavy (non-hydrogen) atoms. The summed E-state index contributed by atoms with van der Waals surface area (Å²) in [6.07, 6.45) is 3.44. The number of nitrogens with zero attached hydrogens (tertiary/aromatic N) is 3. The third kappa shape index (κ3) is 4.68. The van der Waals surface area contributed by atoms with Crippen LogP contribution in [0.4, 0.5) is 5.69 Å². The van der Waals surface area contributed by atoms with E-state index in [4.69, 9.17) is 0 Å². The molecule has 0 saturated carbocycles. The maximum absolute atomic E-state index is 12.6. The summed E-state index contributed by atoms with van der Waals surface area (Å²) >= 11 is 0. The number of amides is 2. The molecule has 8 nitrogen and oxygen atoms in total. The van der Waals surface area contributed by atoms with Crippen molar-refractivity contribution >= 4 is 27.5 Å². The number of sulfonamides is 1. The van der Waals surface area contributed by atoms with Crippen LogP contribution in [0.5, 0.6) is 0 Å². The number of hydrogen-bond acceptors (Lipinski definition) is 5. The molecule has 3 rings (SSSR count). The van der Waals surface area contributed by atoms with Crippen LogP contribution in [0.15, 0.2) is 53.7 Å². The second-order valence-electron chi connectivity index (χ2n) is 7.06. The average Bonchev–Trinajstić information content (AvgIpc) is 3.15. The van der Waals surface area contributed by atoms with Crippen molar-refractivity contribution in [2.24, 2.45) is 5.92 Å². The molecule has 2 amide bonds. The van der Waals surface area contributed by atoms with Crippen LogP contribution < -0.4 is 10.2 Å². The average molecular weight is 431 g/mol. The van der Waals surface area contributed by atoms with Crippen LogP contribution in [0.3, 0.4) is 0 Å². The molecule has 1 fully saturated rings. The smallest absolute Gasteiger partial charge is 0.243 e. The van der Waals surface area contributed by atoms with Crippen LogP contribution in [0.1, 0.15) is 25.8 Å². The minimum Gasteiger partial charge on any atom is -0.352 e. The van der Waals surface area contributed by atoms with Gasteiger partial charge in [0.25, 0.3) is 0 Å². The minimum absolute atomic E-state index is 0.127. The van der Waals surface area contributed by atoms with Gasteiger partial charge < -0.3 is 10.2 Å². The SMILES string of the molecule is CCN(CC)S(=O)(=O)c1ccc(N2C[C@H](C(=O)NCc3ccncc3)CC2=O)cc1. The predicted octanol–water partition coefficient (Wildman–Crippen LogP) is 1.78. The molecular formula is C21H26N4O4S. The number of pyridine rings is 1. The van der Waals surface area contributed by atoms with Crippen molar-refractivity contribution in [1.29, 1.82) is 0 Å². The van der Waals surface area contributed by atoms with Gasteiger partial charge in [0.05, 0.1) is 10.8 Å². The Morgan fingerprint density at radius 3 is 2.37 bits per heavy atom. The molecule has 1 atom stereocenters. The van der Waals surface area contributed by atoms with E-state index in [1.165, 1.54) is 21.3 Å². The monoisotopic (exact) mass is 430 g/mol. The van der Waals surface area contributed by atoms with E-state index in [1.54, 1.807) is 38.4 Å². The zero-order valence-corrected chi connectivity index (χ0v) is 17.9. The summed E-state index contributed by atoms with van der Waals surface area (Å²) in [4.78, 5) is 30.6. The quantitative estimate of drug-likeness (QED) is 0.688. The Kier molecular flexibility index (Phi) is 6.84. The molecule has 1 aromatic heterocycles. The molecule has 160 valence electrons. The number of hydrogen-bond donors (Lipinski definition) is 1. The van der Waals surface area contributed by atoms with Crippen LogP contribution in [0.2, 0.25) is 0 Å². The summed E-state index contributed by atoms with van der Waals surface area (Å²) in [7, 11) is -3.55. The molecule has 1 N–H and O–H groups in total. The second-order valence-corrected chi connectivity index (χ2v) is 9.00. The molecule has 0 unspecified atom stereocenters. The zero-order valence-electron chi connectivity index (χ0n) is 17.1. The van der Waals surface area contributed by atoms with E-state index in [2.05, 4.69) is 10.3 Å². The van der Waals surface area contributed by atoms with Gasteiger partial charge in [-0.25, -0.2) is 8.42 Å². The highest BCUT2D eigenvalue weighted by molar-refractivity contribution is 7.89. The molecule has 0 aliphatic carbocycles. The Morgan fingerprint density at radius 2 is 1.77 bits per heavy atom. The Bertz CT molecular complexity index is 989. The molecule has 1 saturated heterocycles. The fraction of sp³-hybridized carbons (Fsp3) is 0.381. The van der Waals surface area contributed by atoms with E-state index >= 15 is 0 Å². The van der Waals surface area contributed by atoms with Gasteiger partial charge in [-0.1, -0.05) is 13.8 Å². The fourth-order valence-electron chi connectivity index (χ4n) is 3.48. The van der Waals surface area contributed by atoms with Gasteiger partial charge in [0.15, 0.2) is 0 Å². The number of carbonyl (C=O) groups excluding carboxylic acids is 2. The molecular weight excluding hydrogens is 404 g/mol. The van der Waals surface area contributed by atoms with Gasteiger partial charge in [0.1, 0.15) is 0 Å². The molecule has 9 heteroatoms. The van der Waals surface area contributed by atoms with E-state index in [9.17, 15) is 18.0 Å². The number of nitrogens with one attached hydrogen (secondary N) is 1. The van der Waals surface area contributed by atoms with E-state index in [-0.39, 0.29) is 29.7 Å². The summed E-state index contributed by atoms with van der Waals surface area (Å²) in [5, 5.41) is 2.86. The fourth-order valence-corrected chi connectivity index (χ4v) is 4.94. The highest BCUT2D eigenvalue weighted by Crippen LogP contribution is 2.27.